The molecule has 0 fully saturated rings. The van der Waals surface area contributed by atoms with Crippen LogP contribution in [-0.4, -0.2) is 17.8 Å². The molecule has 4 rings (SSSR count). The smallest absolute Gasteiger partial charge is 0.253 e. The molecule has 0 amide bonds. The number of fused-ring (bicyclic) bond motifs is 1. The first-order valence-corrected chi connectivity index (χ1v) is 10.7. The Morgan fingerprint density at radius 1 is 1.04 bits per heavy atom. The fourth-order valence-electron chi connectivity index (χ4n) is 2.89. The molecule has 8 heteroatoms. The van der Waals surface area contributed by atoms with Crippen molar-refractivity contribution in [2.45, 2.75) is 11.8 Å². The molecule has 0 atom stereocenters. The van der Waals surface area contributed by atoms with Crippen LogP contribution in [0, 0.1) is 6.92 Å². The van der Waals surface area contributed by atoms with Crippen molar-refractivity contribution < 1.29 is 8.42 Å². The fourth-order valence-corrected chi connectivity index (χ4v) is 4.93. The molecule has 136 valence electrons. The van der Waals surface area contributed by atoms with E-state index in [1.165, 1.54) is 6.33 Å². The summed E-state index contributed by atoms with van der Waals surface area (Å²) in [6.07, 6.45) is 1.31. The molecule has 0 aliphatic rings. The standard InChI is InChI=1S/C19H14ClN3O2S2/c1-12-5-7-17(18(20)9-12)16-4-2-3-13-10-14(6-8-15(13)16)27(24,25)23-19-21-11-22-26-19/h2-11H,1H3,(H,21,22,23). The summed E-state index contributed by atoms with van der Waals surface area (Å²) in [7, 11) is -3.73. The van der Waals surface area contributed by atoms with Crippen molar-refractivity contribution in [3.05, 3.63) is 71.5 Å². The second-order valence-corrected chi connectivity index (χ2v) is 8.89. The van der Waals surface area contributed by atoms with Gasteiger partial charge in [-0.1, -0.05) is 48.0 Å². The summed E-state index contributed by atoms with van der Waals surface area (Å²) in [4.78, 5) is 4.03. The SMILES string of the molecule is Cc1ccc(-c2cccc3cc(S(=O)(=O)Nc4ncns4)ccc23)c(Cl)c1. The third kappa shape index (κ3) is 3.53. The zero-order valence-electron chi connectivity index (χ0n) is 14.2. The molecule has 3 aromatic carbocycles. The molecule has 0 unspecified atom stereocenters. The quantitative estimate of drug-likeness (QED) is 0.502. The predicted octanol–water partition coefficient (Wildman–Crippen LogP) is 5.12. The van der Waals surface area contributed by atoms with Gasteiger partial charge < -0.3 is 0 Å². The van der Waals surface area contributed by atoms with Gasteiger partial charge in [-0.25, -0.2) is 13.4 Å². The van der Waals surface area contributed by atoms with Crippen molar-refractivity contribution in [2.24, 2.45) is 0 Å². The zero-order chi connectivity index (χ0) is 19.0. The van der Waals surface area contributed by atoms with E-state index in [0.29, 0.717) is 5.02 Å². The van der Waals surface area contributed by atoms with Gasteiger partial charge in [0.25, 0.3) is 10.0 Å². The van der Waals surface area contributed by atoms with E-state index >= 15 is 0 Å². The van der Waals surface area contributed by atoms with E-state index < -0.39 is 10.0 Å². The number of hydrogen-bond donors (Lipinski definition) is 1. The van der Waals surface area contributed by atoms with Gasteiger partial charge in [-0.2, -0.15) is 4.37 Å². The molecule has 1 heterocycles. The second-order valence-electron chi connectivity index (χ2n) is 6.02. The molecule has 1 aromatic heterocycles. The van der Waals surface area contributed by atoms with Crippen LogP contribution < -0.4 is 4.72 Å². The van der Waals surface area contributed by atoms with Gasteiger partial charge in [-0.15, -0.1) is 0 Å². The summed E-state index contributed by atoms with van der Waals surface area (Å²) < 4.78 is 31.4. The Bertz CT molecular complexity index is 1240. The van der Waals surface area contributed by atoms with Crippen molar-refractivity contribution in [3.63, 3.8) is 0 Å². The van der Waals surface area contributed by atoms with E-state index in [1.807, 2.05) is 43.3 Å². The number of sulfonamides is 1. The van der Waals surface area contributed by atoms with Crippen molar-refractivity contribution >= 4 is 49.1 Å². The lowest BCUT2D eigenvalue weighted by Crippen LogP contribution is -2.12. The lowest BCUT2D eigenvalue weighted by Gasteiger charge is -2.11. The van der Waals surface area contributed by atoms with Gasteiger partial charge in [-0.05, 0) is 47.0 Å². The van der Waals surface area contributed by atoms with Gasteiger partial charge in [0.1, 0.15) is 6.33 Å². The van der Waals surface area contributed by atoms with Crippen LogP contribution in [-0.2, 0) is 10.0 Å². The average Bonchev–Trinajstić information content (AvgIpc) is 3.13. The van der Waals surface area contributed by atoms with E-state index in [4.69, 9.17) is 11.6 Å². The van der Waals surface area contributed by atoms with Crippen molar-refractivity contribution in [2.75, 3.05) is 4.72 Å². The van der Waals surface area contributed by atoms with Gasteiger partial charge in [0.2, 0.25) is 5.13 Å². The molecule has 0 spiro atoms. The maximum Gasteiger partial charge on any atom is 0.263 e. The molecule has 0 saturated carbocycles. The normalized spacial score (nSPS) is 11.6. The maximum absolute atomic E-state index is 12.6. The number of rotatable bonds is 4. The highest BCUT2D eigenvalue weighted by molar-refractivity contribution is 7.93. The zero-order valence-corrected chi connectivity index (χ0v) is 16.6. The number of hydrogen-bond acceptors (Lipinski definition) is 5. The molecular weight excluding hydrogens is 402 g/mol. The van der Waals surface area contributed by atoms with Crippen LogP contribution in [0.1, 0.15) is 5.56 Å². The van der Waals surface area contributed by atoms with Crippen LogP contribution in [0.4, 0.5) is 5.13 Å². The molecule has 4 aromatic rings. The Balaban J connectivity index is 1.80. The van der Waals surface area contributed by atoms with E-state index in [1.54, 1.807) is 18.2 Å². The minimum atomic E-state index is -3.73. The molecule has 1 N–H and O–H groups in total. The summed E-state index contributed by atoms with van der Waals surface area (Å²) in [6.45, 7) is 1.99. The molecular formula is C19H14ClN3O2S2. The second kappa shape index (κ2) is 6.92. The van der Waals surface area contributed by atoms with Gasteiger partial charge in [-0.3, -0.25) is 4.72 Å². The van der Waals surface area contributed by atoms with E-state index in [9.17, 15) is 8.42 Å². The van der Waals surface area contributed by atoms with Crippen LogP contribution in [0.3, 0.4) is 0 Å². The summed E-state index contributed by atoms with van der Waals surface area (Å²) in [5.74, 6) is 0. The molecule has 0 saturated heterocycles. The highest BCUT2D eigenvalue weighted by Gasteiger charge is 2.17. The first-order chi connectivity index (χ1) is 12.9. The van der Waals surface area contributed by atoms with Crippen molar-refractivity contribution in [1.29, 1.82) is 0 Å². The monoisotopic (exact) mass is 415 g/mol. The highest BCUT2D eigenvalue weighted by atomic mass is 35.5. The number of benzene rings is 3. The number of anilines is 1. The molecule has 27 heavy (non-hydrogen) atoms. The summed E-state index contributed by atoms with van der Waals surface area (Å²) in [5.41, 5.74) is 2.95. The summed E-state index contributed by atoms with van der Waals surface area (Å²) in [6, 6.07) is 16.7. The van der Waals surface area contributed by atoms with E-state index in [0.717, 1.165) is 39.0 Å². The van der Waals surface area contributed by atoms with Crippen LogP contribution in [0.15, 0.2) is 65.8 Å². The predicted molar refractivity (Wildman–Crippen MR) is 110 cm³/mol. The molecule has 5 nitrogen and oxygen atoms in total. The van der Waals surface area contributed by atoms with Crippen molar-refractivity contribution in [3.8, 4) is 11.1 Å². The van der Waals surface area contributed by atoms with Crippen molar-refractivity contribution in [1.82, 2.24) is 9.36 Å². The Labute approximate surface area is 165 Å². The fraction of sp³-hybridized carbons (Fsp3) is 0.0526. The Hall–Kier alpha value is -2.48. The number of nitrogens with zero attached hydrogens (tertiary/aromatic N) is 2. The lowest BCUT2D eigenvalue weighted by molar-refractivity contribution is 0.601. The minimum absolute atomic E-state index is 0.164. The largest absolute Gasteiger partial charge is 0.263 e. The maximum atomic E-state index is 12.6. The third-order valence-corrected chi connectivity index (χ3v) is 6.52. The van der Waals surface area contributed by atoms with Gasteiger partial charge in [0.05, 0.1) is 4.90 Å². The number of aryl methyl sites for hydroxylation is 1. The lowest BCUT2D eigenvalue weighted by atomic mass is 9.97. The summed E-state index contributed by atoms with van der Waals surface area (Å²) in [5, 5.41) is 2.63. The number of nitrogens with one attached hydrogen (secondary N) is 1. The molecule has 0 aliphatic carbocycles. The summed E-state index contributed by atoms with van der Waals surface area (Å²) >= 11 is 7.41. The topological polar surface area (TPSA) is 72.0 Å². The van der Waals surface area contributed by atoms with Gasteiger partial charge in [0, 0.05) is 22.1 Å². The van der Waals surface area contributed by atoms with Crippen LogP contribution in [0.25, 0.3) is 21.9 Å². The highest BCUT2D eigenvalue weighted by Crippen LogP contribution is 2.35. The van der Waals surface area contributed by atoms with E-state index in [-0.39, 0.29) is 10.0 Å². The first kappa shape index (κ1) is 17.9. The van der Waals surface area contributed by atoms with Gasteiger partial charge in [0.15, 0.2) is 0 Å². The van der Waals surface area contributed by atoms with Crippen LogP contribution in [0.2, 0.25) is 5.02 Å². The number of halogens is 1. The minimum Gasteiger partial charge on any atom is -0.253 e. The first-order valence-electron chi connectivity index (χ1n) is 8.03. The van der Waals surface area contributed by atoms with Gasteiger partial charge >= 0.3 is 0 Å². The Morgan fingerprint density at radius 2 is 1.89 bits per heavy atom. The molecule has 0 radical (unpaired) electrons. The Kier molecular flexibility index (Phi) is 4.59. The third-order valence-electron chi connectivity index (χ3n) is 4.16. The number of aromatic nitrogens is 2. The van der Waals surface area contributed by atoms with Crippen LogP contribution in [0.5, 0.6) is 0 Å². The molecule has 0 aliphatic heterocycles. The van der Waals surface area contributed by atoms with Crippen LogP contribution >= 0.6 is 23.1 Å². The molecule has 0 bridgehead atoms. The average molecular weight is 416 g/mol. The Morgan fingerprint density at radius 3 is 2.63 bits per heavy atom. The van der Waals surface area contributed by atoms with E-state index in [2.05, 4.69) is 14.1 Å².